The fourth-order valence-electron chi connectivity index (χ4n) is 1.52. The smallest absolute Gasteiger partial charge is 0.252 e. The number of hydrogen-bond donors (Lipinski definition) is 2. The second-order valence-corrected chi connectivity index (χ2v) is 3.98. The Hall–Kier alpha value is -1.95. The summed E-state index contributed by atoms with van der Waals surface area (Å²) in [4.78, 5) is 11.9. The van der Waals surface area contributed by atoms with Gasteiger partial charge in [-0.3, -0.25) is 4.79 Å². The van der Waals surface area contributed by atoms with Crippen LogP contribution in [-0.2, 0) is 0 Å². The lowest BCUT2D eigenvalue weighted by atomic mass is 10.1. The van der Waals surface area contributed by atoms with E-state index in [2.05, 4.69) is 11.2 Å². The number of benzene rings is 1. The number of aromatic hydroxyl groups is 1. The summed E-state index contributed by atoms with van der Waals surface area (Å²) in [5.41, 5.74) is 1.18. The molecule has 0 aliphatic rings. The molecule has 0 aliphatic heterocycles. The quantitative estimate of drug-likeness (QED) is 0.781. The Morgan fingerprint density at radius 1 is 1.59 bits per heavy atom. The monoisotopic (exact) mass is 231 g/mol. The van der Waals surface area contributed by atoms with E-state index in [-0.39, 0.29) is 17.7 Å². The molecule has 1 aromatic rings. The molecule has 0 heterocycles. The Labute approximate surface area is 102 Å². The van der Waals surface area contributed by atoms with Crippen LogP contribution in [-0.4, -0.2) is 17.1 Å². The van der Waals surface area contributed by atoms with Crippen molar-refractivity contribution in [2.24, 2.45) is 0 Å². The summed E-state index contributed by atoms with van der Waals surface area (Å²) < 4.78 is 0. The van der Waals surface area contributed by atoms with Crippen LogP contribution in [0.25, 0.3) is 0 Å². The molecule has 17 heavy (non-hydrogen) atoms. The third kappa shape index (κ3) is 3.53. The van der Waals surface area contributed by atoms with Gasteiger partial charge in [-0.2, -0.15) is 0 Å². The predicted octanol–water partition coefficient (Wildman–Crippen LogP) is 2.23. The van der Waals surface area contributed by atoms with Gasteiger partial charge in [0, 0.05) is 5.56 Å². The van der Waals surface area contributed by atoms with E-state index < -0.39 is 0 Å². The highest BCUT2D eigenvalue weighted by Gasteiger charge is 2.11. The van der Waals surface area contributed by atoms with Crippen molar-refractivity contribution in [3.63, 3.8) is 0 Å². The van der Waals surface area contributed by atoms with E-state index in [1.165, 1.54) is 6.07 Å². The third-order valence-electron chi connectivity index (χ3n) is 2.54. The van der Waals surface area contributed by atoms with E-state index in [0.717, 1.165) is 12.8 Å². The summed E-state index contributed by atoms with van der Waals surface area (Å²) in [5, 5.41) is 12.1. The average molecular weight is 231 g/mol. The minimum Gasteiger partial charge on any atom is -0.508 e. The summed E-state index contributed by atoms with van der Waals surface area (Å²) in [7, 11) is 0. The standard InChI is InChI=1S/C14H17NO2/c1-4-6-12(5-2)15-14(17)11-7-8-13(16)10(3)9-11/h2,7-9,12,16H,4,6H2,1,3H3,(H,15,17). The van der Waals surface area contributed by atoms with Gasteiger partial charge in [-0.1, -0.05) is 19.3 Å². The van der Waals surface area contributed by atoms with Crippen LogP contribution in [0.1, 0.15) is 35.7 Å². The molecule has 0 aromatic heterocycles. The van der Waals surface area contributed by atoms with Gasteiger partial charge in [-0.25, -0.2) is 0 Å². The van der Waals surface area contributed by atoms with Gasteiger partial charge in [0.15, 0.2) is 0 Å². The van der Waals surface area contributed by atoms with Gasteiger partial charge in [-0.05, 0) is 37.1 Å². The molecule has 1 rings (SSSR count). The number of phenols is 1. The third-order valence-corrected chi connectivity index (χ3v) is 2.54. The maximum absolute atomic E-state index is 11.9. The molecule has 0 radical (unpaired) electrons. The fourth-order valence-corrected chi connectivity index (χ4v) is 1.52. The van der Waals surface area contributed by atoms with Crippen molar-refractivity contribution in [1.82, 2.24) is 5.32 Å². The second-order valence-electron chi connectivity index (χ2n) is 3.98. The maximum atomic E-state index is 11.9. The first-order valence-electron chi connectivity index (χ1n) is 5.65. The lowest BCUT2D eigenvalue weighted by Crippen LogP contribution is -2.33. The van der Waals surface area contributed by atoms with E-state index in [0.29, 0.717) is 11.1 Å². The zero-order valence-corrected chi connectivity index (χ0v) is 10.2. The number of rotatable bonds is 4. The Bertz CT molecular complexity index is 446. The molecule has 0 saturated carbocycles. The largest absolute Gasteiger partial charge is 0.508 e. The van der Waals surface area contributed by atoms with Crippen LogP contribution in [0.2, 0.25) is 0 Å². The van der Waals surface area contributed by atoms with Crippen molar-refractivity contribution >= 4 is 5.91 Å². The second kappa shape index (κ2) is 5.95. The molecule has 1 unspecified atom stereocenters. The number of amides is 1. The van der Waals surface area contributed by atoms with Crippen molar-refractivity contribution in [2.45, 2.75) is 32.7 Å². The van der Waals surface area contributed by atoms with E-state index >= 15 is 0 Å². The molecule has 0 bridgehead atoms. The number of aryl methyl sites for hydroxylation is 1. The van der Waals surface area contributed by atoms with E-state index in [4.69, 9.17) is 6.42 Å². The zero-order valence-electron chi connectivity index (χ0n) is 10.2. The molecule has 90 valence electrons. The highest BCUT2D eigenvalue weighted by atomic mass is 16.3. The Kier molecular flexibility index (Phi) is 4.59. The van der Waals surface area contributed by atoms with Crippen LogP contribution < -0.4 is 5.32 Å². The van der Waals surface area contributed by atoms with Crippen LogP contribution in [0, 0.1) is 19.3 Å². The number of hydrogen-bond acceptors (Lipinski definition) is 2. The summed E-state index contributed by atoms with van der Waals surface area (Å²) in [6.07, 6.45) is 7.02. The number of phenolic OH excluding ortho intramolecular Hbond substituents is 1. The first-order chi connectivity index (χ1) is 8.08. The predicted molar refractivity (Wildman–Crippen MR) is 67.8 cm³/mol. The summed E-state index contributed by atoms with van der Waals surface area (Å²) in [5.74, 6) is 2.53. The lowest BCUT2D eigenvalue weighted by Gasteiger charge is -2.12. The lowest BCUT2D eigenvalue weighted by molar-refractivity contribution is 0.0944. The molecule has 1 amide bonds. The van der Waals surface area contributed by atoms with Gasteiger partial charge >= 0.3 is 0 Å². The molecule has 1 atom stereocenters. The number of carbonyl (C=O) groups excluding carboxylic acids is 1. The van der Waals surface area contributed by atoms with Crippen molar-refractivity contribution in [2.75, 3.05) is 0 Å². The summed E-state index contributed by atoms with van der Waals surface area (Å²) in [6.45, 7) is 3.76. The minimum absolute atomic E-state index is 0.184. The van der Waals surface area contributed by atoms with Gasteiger partial charge < -0.3 is 10.4 Å². The number of carbonyl (C=O) groups is 1. The van der Waals surface area contributed by atoms with Crippen LogP contribution in [0.3, 0.4) is 0 Å². The van der Waals surface area contributed by atoms with Crippen molar-refractivity contribution in [1.29, 1.82) is 0 Å². The van der Waals surface area contributed by atoms with Crippen LogP contribution in [0.4, 0.5) is 0 Å². The highest BCUT2D eigenvalue weighted by molar-refractivity contribution is 5.95. The average Bonchev–Trinajstić information content (AvgIpc) is 2.31. The molecule has 2 N–H and O–H groups in total. The zero-order chi connectivity index (χ0) is 12.8. The first kappa shape index (κ1) is 13.1. The van der Waals surface area contributed by atoms with Crippen molar-refractivity contribution in [3.05, 3.63) is 29.3 Å². The van der Waals surface area contributed by atoms with Crippen molar-refractivity contribution < 1.29 is 9.90 Å². The molecule has 3 heteroatoms. The number of nitrogens with one attached hydrogen (secondary N) is 1. The van der Waals surface area contributed by atoms with Gasteiger partial charge in [0.25, 0.3) is 5.91 Å². The maximum Gasteiger partial charge on any atom is 0.252 e. The Balaban J connectivity index is 2.76. The molecule has 0 spiro atoms. The van der Waals surface area contributed by atoms with E-state index in [1.807, 2.05) is 6.92 Å². The van der Waals surface area contributed by atoms with Gasteiger partial charge in [0.05, 0.1) is 6.04 Å². The summed E-state index contributed by atoms with van der Waals surface area (Å²) in [6, 6.07) is 4.50. The molecular formula is C14H17NO2. The van der Waals surface area contributed by atoms with Crippen LogP contribution >= 0.6 is 0 Å². The van der Waals surface area contributed by atoms with E-state index in [9.17, 15) is 9.90 Å². The van der Waals surface area contributed by atoms with Crippen LogP contribution in [0.15, 0.2) is 18.2 Å². The highest BCUT2D eigenvalue weighted by Crippen LogP contribution is 2.16. The SMILES string of the molecule is C#CC(CCC)NC(=O)c1ccc(O)c(C)c1. The molecule has 0 saturated heterocycles. The first-order valence-corrected chi connectivity index (χ1v) is 5.65. The number of terminal acetylenes is 1. The van der Waals surface area contributed by atoms with Crippen molar-refractivity contribution in [3.8, 4) is 18.1 Å². The van der Waals surface area contributed by atoms with Gasteiger partial charge in [-0.15, -0.1) is 6.42 Å². The molecule has 1 aromatic carbocycles. The fraction of sp³-hybridized carbons (Fsp3) is 0.357. The van der Waals surface area contributed by atoms with E-state index in [1.54, 1.807) is 19.1 Å². The normalized spacial score (nSPS) is 11.6. The Morgan fingerprint density at radius 2 is 2.29 bits per heavy atom. The molecule has 3 nitrogen and oxygen atoms in total. The summed E-state index contributed by atoms with van der Waals surface area (Å²) >= 11 is 0. The molecule has 0 fully saturated rings. The molecular weight excluding hydrogens is 214 g/mol. The van der Waals surface area contributed by atoms with Gasteiger partial charge in [0.1, 0.15) is 5.75 Å². The van der Waals surface area contributed by atoms with Gasteiger partial charge in [0.2, 0.25) is 0 Å². The van der Waals surface area contributed by atoms with Crippen LogP contribution in [0.5, 0.6) is 5.75 Å². The topological polar surface area (TPSA) is 49.3 Å². The minimum atomic E-state index is -0.235. The molecule has 0 aliphatic carbocycles. The Morgan fingerprint density at radius 3 is 2.82 bits per heavy atom.